The van der Waals surface area contributed by atoms with Crippen LogP contribution in [0.15, 0.2) is 0 Å². The Labute approximate surface area is 96.2 Å². The zero-order valence-electron chi connectivity index (χ0n) is 10.2. The van der Waals surface area contributed by atoms with Crippen LogP contribution in [0.5, 0.6) is 0 Å². The molecule has 0 bridgehead atoms. The van der Waals surface area contributed by atoms with Crippen molar-refractivity contribution in [3.8, 4) is 0 Å². The number of carbonyl (C=O) groups is 2. The van der Waals surface area contributed by atoms with E-state index in [4.69, 9.17) is 9.84 Å². The first kappa shape index (κ1) is 14.9. The molecule has 0 spiro atoms. The minimum absolute atomic E-state index is 0.204. The lowest BCUT2D eigenvalue weighted by molar-refractivity contribution is -0.142. The number of ether oxygens (including phenoxy) is 1. The Kier molecular flexibility index (Phi) is 7.54. The number of aliphatic carboxylic acids is 1. The molecule has 0 unspecified atom stereocenters. The van der Waals surface area contributed by atoms with Crippen LogP contribution in [0.1, 0.15) is 33.6 Å². The van der Waals surface area contributed by atoms with Gasteiger partial charge in [0.05, 0.1) is 6.61 Å². The van der Waals surface area contributed by atoms with Gasteiger partial charge in [-0.1, -0.05) is 13.8 Å². The SMILES string of the molecule is CCOCCC(=O)N[C@H](CC(C)C)C(=O)O. The number of carbonyl (C=O) groups excluding carboxylic acids is 1. The molecule has 1 amide bonds. The third-order valence-electron chi connectivity index (χ3n) is 2.02. The number of carboxylic acid groups (broad SMARTS) is 1. The summed E-state index contributed by atoms with van der Waals surface area (Å²) in [6.45, 7) is 6.57. The van der Waals surface area contributed by atoms with Crippen LogP contribution in [0.25, 0.3) is 0 Å². The first-order chi connectivity index (χ1) is 7.47. The van der Waals surface area contributed by atoms with E-state index in [9.17, 15) is 9.59 Å². The molecule has 0 saturated heterocycles. The van der Waals surface area contributed by atoms with E-state index in [-0.39, 0.29) is 18.2 Å². The maximum Gasteiger partial charge on any atom is 0.326 e. The zero-order valence-corrected chi connectivity index (χ0v) is 10.2. The van der Waals surface area contributed by atoms with E-state index in [0.29, 0.717) is 19.6 Å². The lowest BCUT2D eigenvalue weighted by Crippen LogP contribution is -2.41. The van der Waals surface area contributed by atoms with Crippen molar-refractivity contribution >= 4 is 11.9 Å². The molecule has 1 atom stereocenters. The fourth-order valence-electron chi connectivity index (χ4n) is 1.27. The van der Waals surface area contributed by atoms with Crippen LogP contribution < -0.4 is 5.32 Å². The standard InChI is InChI=1S/C11H21NO4/c1-4-16-6-5-10(13)12-9(11(14)15)7-8(2)3/h8-9H,4-7H2,1-3H3,(H,12,13)(H,14,15)/t9-/m1/s1. The summed E-state index contributed by atoms with van der Waals surface area (Å²) in [7, 11) is 0. The quantitative estimate of drug-likeness (QED) is 0.612. The highest BCUT2D eigenvalue weighted by atomic mass is 16.5. The van der Waals surface area contributed by atoms with Crippen LogP contribution in [-0.4, -0.2) is 36.2 Å². The third-order valence-corrected chi connectivity index (χ3v) is 2.02. The van der Waals surface area contributed by atoms with E-state index in [2.05, 4.69) is 5.32 Å². The Bertz CT molecular complexity index is 228. The smallest absolute Gasteiger partial charge is 0.326 e. The Morgan fingerprint density at radius 1 is 1.38 bits per heavy atom. The molecule has 0 aliphatic rings. The number of rotatable bonds is 8. The number of hydrogen-bond donors (Lipinski definition) is 2. The molecule has 0 aliphatic carbocycles. The molecule has 0 fully saturated rings. The van der Waals surface area contributed by atoms with Gasteiger partial charge in [-0.25, -0.2) is 4.79 Å². The minimum Gasteiger partial charge on any atom is -0.480 e. The van der Waals surface area contributed by atoms with E-state index in [0.717, 1.165) is 0 Å². The molecule has 2 N–H and O–H groups in total. The van der Waals surface area contributed by atoms with Crippen molar-refractivity contribution in [2.45, 2.75) is 39.7 Å². The van der Waals surface area contributed by atoms with Crippen LogP contribution in [0, 0.1) is 5.92 Å². The second-order valence-electron chi connectivity index (χ2n) is 4.03. The van der Waals surface area contributed by atoms with Crippen LogP contribution >= 0.6 is 0 Å². The number of amides is 1. The van der Waals surface area contributed by atoms with E-state index in [1.54, 1.807) is 0 Å². The first-order valence-corrected chi connectivity index (χ1v) is 5.57. The van der Waals surface area contributed by atoms with Gasteiger partial charge in [0, 0.05) is 13.0 Å². The Hall–Kier alpha value is -1.10. The average Bonchev–Trinajstić information content (AvgIpc) is 2.16. The number of hydrogen-bond acceptors (Lipinski definition) is 3. The van der Waals surface area contributed by atoms with Crippen molar-refractivity contribution in [2.24, 2.45) is 5.92 Å². The lowest BCUT2D eigenvalue weighted by Gasteiger charge is -2.16. The highest BCUT2D eigenvalue weighted by Gasteiger charge is 2.20. The van der Waals surface area contributed by atoms with Gasteiger partial charge in [-0.05, 0) is 19.3 Å². The Balaban J connectivity index is 3.98. The van der Waals surface area contributed by atoms with Crippen molar-refractivity contribution in [1.82, 2.24) is 5.32 Å². The molecule has 0 aliphatic heterocycles. The van der Waals surface area contributed by atoms with Crippen molar-refractivity contribution in [2.75, 3.05) is 13.2 Å². The molecule has 0 aromatic rings. The van der Waals surface area contributed by atoms with Crippen LogP contribution in [0.3, 0.4) is 0 Å². The molecule has 0 aromatic carbocycles. The normalized spacial score (nSPS) is 12.5. The predicted molar refractivity (Wildman–Crippen MR) is 60.1 cm³/mol. The van der Waals surface area contributed by atoms with Crippen molar-refractivity contribution in [3.05, 3.63) is 0 Å². The maximum absolute atomic E-state index is 11.4. The van der Waals surface area contributed by atoms with E-state index < -0.39 is 12.0 Å². The largest absolute Gasteiger partial charge is 0.480 e. The maximum atomic E-state index is 11.4. The van der Waals surface area contributed by atoms with Gasteiger partial charge in [-0.2, -0.15) is 0 Å². The highest BCUT2D eigenvalue weighted by molar-refractivity contribution is 5.83. The predicted octanol–water partition coefficient (Wildman–Crippen LogP) is 1.03. The van der Waals surface area contributed by atoms with Gasteiger partial charge in [0.25, 0.3) is 0 Å². The number of carboxylic acids is 1. The van der Waals surface area contributed by atoms with Gasteiger partial charge in [-0.3, -0.25) is 4.79 Å². The molecule has 94 valence electrons. The molecule has 16 heavy (non-hydrogen) atoms. The summed E-state index contributed by atoms with van der Waals surface area (Å²) in [6, 6.07) is -0.797. The summed E-state index contributed by atoms with van der Waals surface area (Å²) in [5, 5.41) is 11.4. The molecule has 0 rings (SSSR count). The van der Waals surface area contributed by atoms with Gasteiger partial charge in [-0.15, -0.1) is 0 Å². The second-order valence-corrected chi connectivity index (χ2v) is 4.03. The average molecular weight is 231 g/mol. The lowest BCUT2D eigenvalue weighted by atomic mass is 10.0. The molecule has 0 aromatic heterocycles. The van der Waals surface area contributed by atoms with Gasteiger partial charge in [0.15, 0.2) is 0 Å². The monoisotopic (exact) mass is 231 g/mol. The fraction of sp³-hybridized carbons (Fsp3) is 0.818. The minimum atomic E-state index is -0.988. The van der Waals surface area contributed by atoms with Gasteiger partial charge in [0.1, 0.15) is 6.04 Å². The van der Waals surface area contributed by atoms with E-state index in [1.165, 1.54) is 0 Å². The van der Waals surface area contributed by atoms with Crippen LogP contribution in [0.2, 0.25) is 0 Å². The topological polar surface area (TPSA) is 75.6 Å². The van der Waals surface area contributed by atoms with Gasteiger partial charge in [0.2, 0.25) is 5.91 Å². The summed E-state index contributed by atoms with van der Waals surface area (Å²) in [4.78, 5) is 22.2. The summed E-state index contributed by atoms with van der Waals surface area (Å²) < 4.78 is 5.02. The second kappa shape index (κ2) is 8.10. The van der Waals surface area contributed by atoms with E-state index >= 15 is 0 Å². The van der Waals surface area contributed by atoms with Gasteiger partial charge >= 0.3 is 5.97 Å². The molecule has 5 nitrogen and oxygen atoms in total. The van der Waals surface area contributed by atoms with E-state index in [1.807, 2.05) is 20.8 Å². The fourth-order valence-corrected chi connectivity index (χ4v) is 1.27. The molecule has 0 heterocycles. The Morgan fingerprint density at radius 3 is 2.44 bits per heavy atom. The van der Waals surface area contributed by atoms with Crippen LogP contribution in [0.4, 0.5) is 0 Å². The third kappa shape index (κ3) is 7.23. The van der Waals surface area contributed by atoms with Crippen molar-refractivity contribution < 1.29 is 19.4 Å². The van der Waals surface area contributed by atoms with Crippen molar-refractivity contribution in [3.63, 3.8) is 0 Å². The Morgan fingerprint density at radius 2 is 2.00 bits per heavy atom. The first-order valence-electron chi connectivity index (χ1n) is 5.57. The molecule has 0 saturated carbocycles. The molecular formula is C11H21NO4. The van der Waals surface area contributed by atoms with Gasteiger partial charge < -0.3 is 15.2 Å². The summed E-state index contributed by atoms with van der Waals surface area (Å²) in [6.07, 6.45) is 0.644. The van der Waals surface area contributed by atoms with Crippen molar-refractivity contribution in [1.29, 1.82) is 0 Å². The summed E-state index contributed by atoms with van der Waals surface area (Å²) in [5.74, 6) is -1.03. The molecule has 5 heteroatoms. The molecular weight excluding hydrogens is 210 g/mol. The summed E-state index contributed by atoms with van der Waals surface area (Å²) >= 11 is 0. The number of nitrogens with one attached hydrogen (secondary N) is 1. The van der Waals surface area contributed by atoms with Crippen LogP contribution in [-0.2, 0) is 14.3 Å². The highest BCUT2D eigenvalue weighted by Crippen LogP contribution is 2.05. The zero-order chi connectivity index (χ0) is 12.6. The molecule has 0 radical (unpaired) electrons. The summed E-state index contributed by atoms with van der Waals surface area (Å²) in [5.41, 5.74) is 0.